The molecule has 0 aromatic carbocycles. The molecule has 0 atom stereocenters. The van der Waals surface area contributed by atoms with Gasteiger partial charge in [0, 0.05) is 32.1 Å². The second kappa shape index (κ2) is 7.95. The molecule has 118 valence electrons. The molecule has 1 N–H and O–H groups in total. The fraction of sp³-hybridized carbons (Fsp3) is 0.923. The predicted octanol–water partition coefficient (Wildman–Crippen LogP) is 0.116. The number of carbonyl (C=O) groups excluding carboxylic acids is 1. The van der Waals surface area contributed by atoms with E-state index >= 15 is 0 Å². The van der Waals surface area contributed by atoms with E-state index in [2.05, 4.69) is 5.32 Å². The number of nitrogens with zero attached hydrogens (tertiary/aromatic N) is 2. The fourth-order valence-corrected chi connectivity index (χ4v) is 3.87. The van der Waals surface area contributed by atoms with Gasteiger partial charge in [-0.05, 0) is 33.4 Å². The minimum atomic E-state index is -3.12. The maximum absolute atomic E-state index is 12.0. The molecule has 7 heteroatoms. The Bertz CT molecular complexity index is 401. The first-order valence-electron chi connectivity index (χ1n) is 7.27. The lowest BCUT2D eigenvalue weighted by Crippen LogP contribution is -2.44. The molecule has 0 radical (unpaired) electrons. The number of likely N-dealkylation sites (N-methyl/N-ethyl adjacent to an activating group) is 1. The van der Waals surface area contributed by atoms with Gasteiger partial charge in [0.05, 0.1) is 5.75 Å². The van der Waals surface area contributed by atoms with Gasteiger partial charge in [0.1, 0.15) is 0 Å². The number of carbonyl (C=O) groups is 1. The maximum atomic E-state index is 12.0. The van der Waals surface area contributed by atoms with E-state index in [-0.39, 0.29) is 17.6 Å². The van der Waals surface area contributed by atoms with Crippen LogP contribution in [0, 0.1) is 5.92 Å². The zero-order chi connectivity index (χ0) is 15.2. The molecule has 1 aliphatic rings. The summed E-state index contributed by atoms with van der Waals surface area (Å²) in [6, 6.07) is 0. The van der Waals surface area contributed by atoms with Crippen molar-refractivity contribution in [3.8, 4) is 0 Å². The van der Waals surface area contributed by atoms with Crippen molar-refractivity contribution in [2.75, 3.05) is 46.0 Å². The largest absolute Gasteiger partial charge is 0.355 e. The van der Waals surface area contributed by atoms with Crippen LogP contribution in [0.4, 0.5) is 0 Å². The predicted molar refractivity (Wildman–Crippen MR) is 79.9 cm³/mol. The van der Waals surface area contributed by atoms with Crippen molar-refractivity contribution in [2.45, 2.75) is 26.2 Å². The molecule has 1 fully saturated rings. The molecule has 0 aromatic rings. The van der Waals surface area contributed by atoms with Gasteiger partial charge < -0.3 is 10.2 Å². The summed E-state index contributed by atoms with van der Waals surface area (Å²) < 4.78 is 25.4. The summed E-state index contributed by atoms with van der Waals surface area (Å²) in [6.07, 6.45) is 1.88. The Morgan fingerprint density at radius 1 is 1.30 bits per heavy atom. The first-order valence-corrected chi connectivity index (χ1v) is 8.88. The Hall–Kier alpha value is -0.660. The summed E-state index contributed by atoms with van der Waals surface area (Å²) in [7, 11) is 0.807. The first-order chi connectivity index (χ1) is 9.36. The third kappa shape index (κ3) is 5.38. The van der Waals surface area contributed by atoms with Gasteiger partial charge in [0.15, 0.2) is 0 Å². The highest BCUT2D eigenvalue weighted by Crippen LogP contribution is 2.20. The number of hydrogen-bond donors (Lipinski definition) is 1. The Morgan fingerprint density at radius 3 is 2.40 bits per heavy atom. The highest BCUT2D eigenvalue weighted by atomic mass is 32.2. The van der Waals surface area contributed by atoms with Gasteiger partial charge in [-0.3, -0.25) is 4.79 Å². The normalized spacial score (nSPS) is 18.4. The van der Waals surface area contributed by atoms with Gasteiger partial charge in [-0.25, -0.2) is 12.7 Å². The number of piperidine rings is 1. The summed E-state index contributed by atoms with van der Waals surface area (Å²) in [5.41, 5.74) is 0. The zero-order valence-corrected chi connectivity index (χ0v) is 13.6. The Morgan fingerprint density at radius 2 is 1.90 bits per heavy atom. The number of hydrogen-bond acceptors (Lipinski definition) is 4. The van der Waals surface area contributed by atoms with Crippen LogP contribution in [-0.4, -0.2) is 69.6 Å². The summed E-state index contributed by atoms with van der Waals surface area (Å²) in [5.74, 6) is 0.205. The molecule has 1 amide bonds. The topological polar surface area (TPSA) is 69.7 Å². The van der Waals surface area contributed by atoms with Crippen LogP contribution in [0.2, 0.25) is 0 Å². The van der Waals surface area contributed by atoms with Gasteiger partial charge in [0.25, 0.3) is 0 Å². The third-order valence-electron chi connectivity index (χ3n) is 3.54. The summed E-state index contributed by atoms with van der Waals surface area (Å²) in [5, 5.41) is 2.91. The molecule has 1 saturated heterocycles. The second-order valence-electron chi connectivity index (χ2n) is 5.58. The molecule has 0 saturated carbocycles. The maximum Gasteiger partial charge on any atom is 0.223 e. The van der Waals surface area contributed by atoms with Crippen LogP contribution in [-0.2, 0) is 14.8 Å². The summed E-state index contributed by atoms with van der Waals surface area (Å²) in [6.45, 7) is 4.25. The van der Waals surface area contributed by atoms with E-state index in [1.54, 1.807) is 0 Å². The molecule has 1 heterocycles. The molecular formula is C13H27N3O3S. The average Bonchev–Trinajstić information content (AvgIpc) is 2.38. The highest BCUT2D eigenvalue weighted by molar-refractivity contribution is 7.89. The summed E-state index contributed by atoms with van der Waals surface area (Å²) >= 11 is 0. The van der Waals surface area contributed by atoms with Crippen LogP contribution in [0.25, 0.3) is 0 Å². The van der Waals surface area contributed by atoms with Gasteiger partial charge in [0.2, 0.25) is 15.9 Å². The Balaban J connectivity index is 2.36. The molecule has 1 rings (SSSR count). The molecule has 0 aliphatic carbocycles. The van der Waals surface area contributed by atoms with Crippen molar-refractivity contribution < 1.29 is 13.2 Å². The minimum Gasteiger partial charge on any atom is -0.355 e. The van der Waals surface area contributed by atoms with Gasteiger partial charge in [-0.2, -0.15) is 0 Å². The van der Waals surface area contributed by atoms with Crippen LogP contribution in [0.15, 0.2) is 0 Å². The molecule has 0 unspecified atom stereocenters. The van der Waals surface area contributed by atoms with E-state index in [1.165, 1.54) is 4.31 Å². The molecule has 0 aromatic heterocycles. The van der Waals surface area contributed by atoms with Crippen LogP contribution in [0.5, 0.6) is 0 Å². The molecule has 0 spiro atoms. The second-order valence-corrected chi connectivity index (χ2v) is 7.67. The van der Waals surface area contributed by atoms with Crippen LogP contribution >= 0.6 is 0 Å². The third-order valence-corrected chi connectivity index (χ3v) is 5.61. The molecule has 1 aliphatic heterocycles. The van der Waals surface area contributed by atoms with Crippen molar-refractivity contribution >= 4 is 15.9 Å². The van der Waals surface area contributed by atoms with E-state index < -0.39 is 10.0 Å². The van der Waals surface area contributed by atoms with Crippen molar-refractivity contribution in [1.29, 1.82) is 0 Å². The van der Waals surface area contributed by atoms with E-state index in [9.17, 15) is 13.2 Å². The first kappa shape index (κ1) is 17.4. The fourth-order valence-electron chi connectivity index (χ4n) is 2.33. The molecule has 20 heavy (non-hydrogen) atoms. The van der Waals surface area contributed by atoms with Gasteiger partial charge >= 0.3 is 0 Å². The number of sulfonamides is 1. The quantitative estimate of drug-likeness (QED) is 0.725. The molecule has 6 nitrogen and oxygen atoms in total. The lowest BCUT2D eigenvalue weighted by Gasteiger charge is -2.30. The number of rotatable bonds is 7. The number of nitrogens with one attached hydrogen (secondary N) is 1. The highest BCUT2D eigenvalue weighted by Gasteiger charge is 2.30. The monoisotopic (exact) mass is 305 g/mol. The van der Waals surface area contributed by atoms with E-state index in [4.69, 9.17) is 0 Å². The van der Waals surface area contributed by atoms with Crippen molar-refractivity contribution in [3.63, 3.8) is 0 Å². The van der Waals surface area contributed by atoms with Crippen molar-refractivity contribution in [2.24, 2.45) is 5.92 Å². The SMILES string of the molecule is CCCS(=O)(=O)N1CCC(C(=O)NCCN(C)C)CC1. The smallest absolute Gasteiger partial charge is 0.223 e. The molecular weight excluding hydrogens is 278 g/mol. The average molecular weight is 305 g/mol. The van der Waals surface area contributed by atoms with Gasteiger partial charge in [-0.1, -0.05) is 6.92 Å². The van der Waals surface area contributed by atoms with E-state index in [0.717, 1.165) is 6.54 Å². The van der Waals surface area contributed by atoms with Gasteiger partial charge in [-0.15, -0.1) is 0 Å². The lowest BCUT2D eigenvalue weighted by atomic mass is 9.97. The Labute approximate surface area is 122 Å². The lowest BCUT2D eigenvalue weighted by molar-refractivity contribution is -0.126. The van der Waals surface area contributed by atoms with Crippen molar-refractivity contribution in [3.05, 3.63) is 0 Å². The van der Waals surface area contributed by atoms with E-state index in [1.807, 2.05) is 25.9 Å². The standard InChI is InChI=1S/C13H27N3O3S/c1-4-11-20(18,19)16-8-5-12(6-9-16)13(17)14-7-10-15(2)3/h12H,4-11H2,1-3H3,(H,14,17). The van der Waals surface area contributed by atoms with Crippen LogP contribution in [0.1, 0.15) is 26.2 Å². The Kier molecular flexibility index (Phi) is 6.91. The van der Waals surface area contributed by atoms with E-state index in [0.29, 0.717) is 38.9 Å². The van der Waals surface area contributed by atoms with Crippen LogP contribution < -0.4 is 5.32 Å². The summed E-state index contributed by atoms with van der Waals surface area (Å²) in [4.78, 5) is 14.0. The van der Waals surface area contributed by atoms with Crippen LogP contribution in [0.3, 0.4) is 0 Å². The number of amides is 1. The molecule has 0 bridgehead atoms. The minimum absolute atomic E-state index is 0.0507. The van der Waals surface area contributed by atoms with Crippen molar-refractivity contribution in [1.82, 2.24) is 14.5 Å². The zero-order valence-electron chi connectivity index (χ0n) is 12.8.